The van der Waals surface area contributed by atoms with Gasteiger partial charge in [0.05, 0.1) is 22.1 Å². The van der Waals surface area contributed by atoms with E-state index in [-0.39, 0.29) is 0 Å². The minimum Gasteiger partial charge on any atom is -0.309 e. The minimum absolute atomic E-state index is 1.06. The van der Waals surface area contributed by atoms with Gasteiger partial charge in [-0.05, 0) is 48.5 Å². The van der Waals surface area contributed by atoms with E-state index in [2.05, 4.69) is 112 Å². The summed E-state index contributed by atoms with van der Waals surface area (Å²) in [4.78, 5) is 6.05. The first-order valence-electron chi connectivity index (χ1n) is 11.7. The molecule has 0 fully saturated rings. The summed E-state index contributed by atoms with van der Waals surface area (Å²) in [5, 5.41) is 5.06. The molecule has 0 aliphatic carbocycles. The molecule has 0 saturated carbocycles. The summed E-state index contributed by atoms with van der Waals surface area (Å²) in [6.07, 6.45) is 1.90. The van der Waals surface area contributed by atoms with Crippen LogP contribution in [0.3, 0.4) is 0 Å². The van der Waals surface area contributed by atoms with Gasteiger partial charge >= 0.3 is 0 Å². The van der Waals surface area contributed by atoms with Crippen molar-refractivity contribution in [3.05, 3.63) is 115 Å². The van der Waals surface area contributed by atoms with Crippen LogP contribution in [0, 0.1) is 0 Å². The van der Waals surface area contributed by atoms with Crippen LogP contribution in [0.4, 0.5) is 0 Å². The lowest BCUT2D eigenvalue weighted by atomic mass is 10.2. The van der Waals surface area contributed by atoms with Gasteiger partial charge in [0, 0.05) is 43.8 Å². The molecule has 0 spiro atoms. The van der Waals surface area contributed by atoms with Crippen molar-refractivity contribution in [2.75, 3.05) is 0 Å². The van der Waals surface area contributed by atoms with Crippen LogP contribution in [0.5, 0.6) is 0 Å². The van der Waals surface area contributed by atoms with E-state index in [1.807, 2.05) is 23.6 Å². The van der Waals surface area contributed by atoms with Crippen LogP contribution in [0.1, 0.15) is 0 Å². The molecule has 0 aliphatic rings. The summed E-state index contributed by atoms with van der Waals surface area (Å²) >= 11 is 1.83. The Morgan fingerprint density at radius 1 is 0.543 bits per heavy atom. The van der Waals surface area contributed by atoms with E-state index in [1.54, 1.807) is 0 Å². The molecule has 0 bridgehead atoms. The Labute approximate surface area is 205 Å². The van der Waals surface area contributed by atoms with E-state index in [1.165, 1.54) is 42.1 Å². The van der Waals surface area contributed by atoms with Crippen molar-refractivity contribution in [1.82, 2.24) is 14.1 Å². The first kappa shape index (κ1) is 19.0. The summed E-state index contributed by atoms with van der Waals surface area (Å²) in [7, 11) is 0. The summed E-state index contributed by atoms with van der Waals surface area (Å²) < 4.78 is 6.04. The average Bonchev–Trinajstić information content (AvgIpc) is 3.55. The molecular weight excluding hydrogens is 446 g/mol. The Hall–Kier alpha value is -4.41. The zero-order chi connectivity index (χ0) is 22.9. The van der Waals surface area contributed by atoms with E-state index in [0.29, 0.717) is 0 Å². The molecule has 4 heterocycles. The van der Waals surface area contributed by atoms with Crippen LogP contribution in [0.15, 0.2) is 115 Å². The predicted molar refractivity (Wildman–Crippen MR) is 148 cm³/mol. The Kier molecular flexibility index (Phi) is 3.82. The number of para-hydroxylation sites is 2. The van der Waals surface area contributed by atoms with Crippen molar-refractivity contribution in [3.63, 3.8) is 0 Å². The highest BCUT2D eigenvalue weighted by Gasteiger charge is 2.19. The van der Waals surface area contributed by atoms with Gasteiger partial charge in [0.25, 0.3) is 0 Å². The second-order valence-corrected chi connectivity index (χ2v) is 9.91. The van der Waals surface area contributed by atoms with Gasteiger partial charge in [0.2, 0.25) is 0 Å². The highest BCUT2D eigenvalue weighted by molar-refractivity contribution is 7.25. The van der Waals surface area contributed by atoms with Crippen LogP contribution < -0.4 is 0 Å². The highest BCUT2D eigenvalue weighted by Crippen LogP contribution is 2.41. The monoisotopic (exact) mass is 465 g/mol. The van der Waals surface area contributed by atoms with Crippen molar-refractivity contribution in [2.24, 2.45) is 0 Å². The third kappa shape index (κ3) is 2.57. The number of fused-ring (bicyclic) bond motifs is 8. The maximum absolute atomic E-state index is 4.81. The van der Waals surface area contributed by atoms with Crippen molar-refractivity contribution in [1.29, 1.82) is 0 Å². The number of nitrogens with zero attached hydrogens (tertiary/aromatic N) is 3. The molecule has 0 aliphatic heterocycles. The first-order valence-corrected chi connectivity index (χ1v) is 12.6. The molecule has 0 atom stereocenters. The van der Waals surface area contributed by atoms with E-state index >= 15 is 0 Å². The Morgan fingerprint density at radius 2 is 1.17 bits per heavy atom. The zero-order valence-corrected chi connectivity index (χ0v) is 19.5. The van der Waals surface area contributed by atoms with Crippen LogP contribution in [0.25, 0.3) is 64.5 Å². The van der Waals surface area contributed by atoms with Gasteiger partial charge in [0.15, 0.2) is 0 Å². The quantitative estimate of drug-likeness (QED) is 0.251. The van der Waals surface area contributed by atoms with Crippen LogP contribution in [-0.4, -0.2) is 14.1 Å². The molecule has 0 unspecified atom stereocenters. The molecular formula is C31H19N3S. The smallest absolute Gasteiger partial charge is 0.111 e. The lowest BCUT2D eigenvalue weighted by Gasteiger charge is -2.12. The molecule has 3 nitrogen and oxygen atoms in total. The highest BCUT2D eigenvalue weighted by atomic mass is 32.1. The van der Waals surface area contributed by atoms with Gasteiger partial charge in [-0.1, -0.05) is 60.7 Å². The first-order chi connectivity index (χ1) is 17.4. The Balaban J connectivity index is 1.46. The van der Waals surface area contributed by atoms with E-state index in [0.717, 1.165) is 22.4 Å². The van der Waals surface area contributed by atoms with Gasteiger partial charge in [0.1, 0.15) is 4.83 Å². The fourth-order valence-corrected chi connectivity index (χ4v) is 6.77. The third-order valence-corrected chi connectivity index (χ3v) is 8.13. The lowest BCUT2D eigenvalue weighted by molar-refractivity contribution is 1.14. The Bertz CT molecular complexity index is 2020. The topological polar surface area (TPSA) is 22.8 Å². The third-order valence-electron chi connectivity index (χ3n) is 6.97. The minimum atomic E-state index is 1.06. The molecule has 0 amide bonds. The predicted octanol–water partition coefficient (Wildman–Crippen LogP) is 8.49. The fourth-order valence-electron chi connectivity index (χ4n) is 5.53. The number of hydrogen-bond acceptors (Lipinski definition) is 2. The largest absolute Gasteiger partial charge is 0.309 e. The zero-order valence-electron chi connectivity index (χ0n) is 18.7. The molecule has 0 N–H and O–H groups in total. The van der Waals surface area contributed by atoms with Gasteiger partial charge in [-0.15, -0.1) is 11.3 Å². The van der Waals surface area contributed by atoms with E-state index < -0.39 is 0 Å². The number of hydrogen-bond donors (Lipinski definition) is 0. The second kappa shape index (κ2) is 7.05. The summed E-state index contributed by atoms with van der Waals surface area (Å²) in [6.45, 7) is 0. The molecule has 0 saturated heterocycles. The van der Waals surface area contributed by atoms with Crippen LogP contribution in [0.2, 0.25) is 0 Å². The van der Waals surface area contributed by atoms with Crippen molar-refractivity contribution >= 4 is 64.5 Å². The number of aromatic nitrogens is 3. The molecule has 4 heteroatoms. The maximum atomic E-state index is 4.81. The molecule has 35 heavy (non-hydrogen) atoms. The van der Waals surface area contributed by atoms with Crippen LogP contribution in [-0.2, 0) is 0 Å². The molecule has 8 rings (SSSR count). The molecule has 4 aromatic heterocycles. The molecule has 8 aromatic rings. The molecule has 4 aromatic carbocycles. The fraction of sp³-hybridized carbons (Fsp3) is 0. The van der Waals surface area contributed by atoms with Crippen molar-refractivity contribution < 1.29 is 0 Å². The summed E-state index contributed by atoms with van der Waals surface area (Å²) in [5.74, 6) is 0. The summed E-state index contributed by atoms with van der Waals surface area (Å²) in [5.41, 5.74) is 6.93. The van der Waals surface area contributed by atoms with Gasteiger partial charge in [-0.2, -0.15) is 0 Å². The number of rotatable bonds is 2. The van der Waals surface area contributed by atoms with E-state index in [4.69, 9.17) is 4.98 Å². The van der Waals surface area contributed by atoms with Crippen molar-refractivity contribution in [3.8, 4) is 11.4 Å². The number of pyridine rings is 1. The average molecular weight is 466 g/mol. The van der Waals surface area contributed by atoms with Crippen molar-refractivity contribution in [2.45, 2.75) is 0 Å². The maximum Gasteiger partial charge on any atom is 0.111 e. The Morgan fingerprint density at radius 3 is 1.94 bits per heavy atom. The normalized spacial score (nSPS) is 12.0. The number of thiophene rings is 1. The van der Waals surface area contributed by atoms with Gasteiger partial charge in [-0.3, -0.25) is 9.55 Å². The van der Waals surface area contributed by atoms with E-state index in [9.17, 15) is 0 Å². The molecule has 0 radical (unpaired) electrons. The SMILES string of the molecule is c1cc(-n2c3ccccc3c3ccccc32)cc(-n2c3cccnc3c3c4ccccc4sc32)c1. The van der Waals surface area contributed by atoms with Gasteiger partial charge in [-0.25, -0.2) is 0 Å². The lowest BCUT2D eigenvalue weighted by Crippen LogP contribution is -1.98. The molecule has 164 valence electrons. The van der Waals surface area contributed by atoms with Crippen LogP contribution >= 0.6 is 11.3 Å². The van der Waals surface area contributed by atoms with Gasteiger partial charge < -0.3 is 4.57 Å². The standard InChI is InChI=1S/C31H19N3S/c1-4-14-25-22(11-1)23-12-2-5-15-26(23)33(25)20-9-7-10-21(19-20)34-27-16-8-18-32-30(27)29-24-13-3-6-17-28(24)35-31(29)34/h1-19H. The number of benzene rings is 4. The second-order valence-electron chi connectivity index (χ2n) is 8.87. The summed E-state index contributed by atoms with van der Waals surface area (Å²) in [6, 6.07) is 39.0.